The molecule has 2 aromatic heterocycles. The van der Waals surface area contributed by atoms with E-state index in [1.54, 1.807) is 6.20 Å². The van der Waals surface area contributed by atoms with Gasteiger partial charge in [-0.15, -0.1) is 0 Å². The van der Waals surface area contributed by atoms with Crippen molar-refractivity contribution >= 4 is 23.4 Å². The Hall–Kier alpha value is -2.21. The van der Waals surface area contributed by atoms with Crippen LogP contribution in [0.25, 0.3) is 0 Å². The van der Waals surface area contributed by atoms with Gasteiger partial charge in [0.2, 0.25) is 0 Å². The predicted molar refractivity (Wildman–Crippen MR) is 74.4 cm³/mol. The van der Waals surface area contributed by atoms with E-state index < -0.39 is 12.0 Å². The van der Waals surface area contributed by atoms with Crippen LogP contribution >= 0.6 is 11.6 Å². The van der Waals surface area contributed by atoms with Gasteiger partial charge in [-0.1, -0.05) is 17.7 Å². The van der Waals surface area contributed by atoms with E-state index in [1.807, 2.05) is 18.2 Å². The molecule has 0 fully saturated rings. The van der Waals surface area contributed by atoms with E-state index in [9.17, 15) is 4.79 Å². The van der Waals surface area contributed by atoms with Crippen LogP contribution in [0.5, 0.6) is 0 Å². The molecule has 2 heterocycles. The Morgan fingerprint density at radius 2 is 2.25 bits per heavy atom. The van der Waals surface area contributed by atoms with E-state index in [-0.39, 0.29) is 0 Å². The fourth-order valence-corrected chi connectivity index (χ4v) is 1.80. The first-order valence-electron chi connectivity index (χ1n) is 5.91. The molecule has 0 amide bonds. The van der Waals surface area contributed by atoms with Gasteiger partial charge in [0.15, 0.2) is 0 Å². The molecule has 0 bridgehead atoms. The summed E-state index contributed by atoms with van der Waals surface area (Å²) in [4.78, 5) is 23.8. The SMILES string of the molecule is COC(=O)[C@@H](Cc1ccccn1)Nc1cc(Cl)ncn1. The van der Waals surface area contributed by atoms with E-state index >= 15 is 0 Å². The quantitative estimate of drug-likeness (QED) is 0.668. The highest BCUT2D eigenvalue weighted by molar-refractivity contribution is 6.29. The standard InChI is InChI=1S/C13H13ClN4O2/c1-20-13(19)10(6-9-4-2-3-5-15-9)18-12-7-11(14)16-8-17-12/h2-5,7-8,10H,6H2,1H3,(H,16,17,18)/t10-/m1/s1. The van der Waals surface area contributed by atoms with Crippen molar-refractivity contribution in [1.29, 1.82) is 0 Å². The van der Waals surface area contributed by atoms with Gasteiger partial charge in [0.25, 0.3) is 0 Å². The number of nitrogens with zero attached hydrogens (tertiary/aromatic N) is 3. The first-order chi connectivity index (χ1) is 9.69. The summed E-state index contributed by atoms with van der Waals surface area (Å²) < 4.78 is 4.78. The summed E-state index contributed by atoms with van der Waals surface area (Å²) in [7, 11) is 1.34. The minimum absolute atomic E-state index is 0.295. The van der Waals surface area contributed by atoms with Crippen molar-refractivity contribution in [3.8, 4) is 0 Å². The summed E-state index contributed by atoms with van der Waals surface area (Å²) in [6.07, 6.45) is 3.38. The molecule has 0 aromatic carbocycles. The molecule has 0 radical (unpaired) electrons. The molecule has 104 valence electrons. The van der Waals surface area contributed by atoms with Gasteiger partial charge >= 0.3 is 5.97 Å². The zero-order valence-electron chi connectivity index (χ0n) is 10.8. The molecule has 20 heavy (non-hydrogen) atoms. The molecule has 2 rings (SSSR count). The molecular weight excluding hydrogens is 280 g/mol. The van der Waals surface area contributed by atoms with Crippen LogP contribution in [0.3, 0.4) is 0 Å². The minimum atomic E-state index is -0.596. The summed E-state index contributed by atoms with van der Waals surface area (Å²) in [5, 5.41) is 3.26. The van der Waals surface area contributed by atoms with E-state index in [0.717, 1.165) is 5.69 Å². The molecular formula is C13H13ClN4O2. The van der Waals surface area contributed by atoms with Gasteiger partial charge in [-0.25, -0.2) is 14.8 Å². The average molecular weight is 293 g/mol. The van der Waals surface area contributed by atoms with Crippen molar-refractivity contribution in [3.63, 3.8) is 0 Å². The summed E-state index contributed by atoms with van der Waals surface area (Å²) in [5.41, 5.74) is 0.774. The van der Waals surface area contributed by atoms with Crippen LogP contribution < -0.4 is 5.32 Å². The van der Waals surface area contributed by atoms with Crippen LogP contribution in [0.1, 0.15) is 5.69 Å². The molecule has 0 aliphatic rings. The highest BCUT2D eigenvalue weighted by Crippen LogP contribution is 2.12. The van der Waals surface area contributed by atoms with Gasteiger partial charge in [0.05, 0.1) is 7.11 Å². The smallest absolute Gasteiger partial charge is 0.328 e. The zero-order valence-corrected chi connectivity index (χ0v) is 11.5. The zero-order chi connectivity index (χ0) is 14.4. The van der Waals surface area contributed by atoms with Crippen molar-refractivity contribution in [2.24, 2.45) is 0 Å². The maximum atomic E-state index is 11.8. The second-order valence-corrected chi connectivity index (χ2v) is 4.36. The number of hydrogen-bond acceptors (Lipinski definition) is 6. The molecule has 0 saturated carbocycles. The number of carbonyl (C=O) groups is 1. The van der Waals surface area contributed by atoms with E-state index in [0.29, 0.717) is 17.4 Å². The van der Waals surface area contributed by atoms with Crippen LogP contribution in [0.2, 0.25) is 5.15 Å². The minimum Gasteiger partial charge on any atom is -0.467 e. The van der Waals surface area contributed by atoms with Gasteiger partial charge in [-0.05, 0) is 12.1 Å². The largest absolute Gasteiger partial charge is 0.467 e. The van der Waals surface area contributed by atoms with Crippen molar-refractivity contribution in [2.45, 2.75) is 12.5 Å². The third-order valence-electron chi connectivity index (χ3n) is 2.58. The van der Waals surface area contributed by atoms with Crippen molar-refractivity contribution in [2.75, 3.05) is 12.4 Å². The molecule has 0 aliphatic carbocycles. The fourth-order valence-electron chi connectivity index (χ4n) is 1.65. The Labute approximate surface area is 121 Å². The Bertz CT molecular complexity index is 580. The lowest BCUT2D eigenvalue weighted by molar-refractivity contribution is -0.141. The number of nitrogens with one attached hydrogen (secondary N) is 1. The normalized spacial score (nSPS) is 11.7. The number of aromatic nitrogens is 3. The van der Waals surface area contributed by atoms with Gasteiger partial charge in [0, 0.05) is 24.4 Å². The number of anilines is 1. The first kappa shape index (κ1) is 14.2. The average Bonchev–Trinajstić information content (AvgIpc) is 2.47. The summed E-state index contributed by atoms with van der Waals surface area (Å²) >= 11 is 5.78. The maximum Gasteiger partial charge on any atom is 0.328 e. The van der Waals surface area contributed by atoms with Gasteiger partial charge in [-0.2, -0.15) is 0 Å². The summed E-state index contributed by atoms with van der Waals surface area (Å²) in [6.45, 7) is 0. The summed E-state index contributed by atoms with van der Waals surface area (Å²) in [6, 6.07) is 6.45. The Kier molecular flexibility index (Phi) is 4.84. The monoisotopic (exact) mass is 292 g/mol. The second-order valence-electron chi connectivity index (χ2n) is 3.97. The molecule has 1 N–H and O–H groups in total. The molecule has 1 atom stereocenters. The lowest BCUT2D eigenvalue weighted by Crippen LogP contribution is -2.33. The van der Waals surface area contributed by atoms with Crippen LogP contribution in [0.4, 0.5) is 5.82 Å². The number of carbonyl (C=O) groups excluding carboxylic acids is 1. The van der Waals surface area contributed by atoms with E-state index in [2.05, 4.69) is 20.3 Å². The highest BCUT2D eigenvalue weighted by atomic mass is 35.5. The Morgan fingerprint density at radius 3 is 2.90 bits per heavy atom. The number of methoxy groups -OCH3 is 1. The molecule has 0 unspecified atom stereocenters. The third-order valence-corrected chi connectivity index (χ3v) is 2.79. The number of pyridine rings is 1. The first-order valence-corrected chi connectivity index (χ1v) is 6.28. The predicted octanol–water partition coefficient (Wildman–Crippen LogP) is 1.72. The van der Waals surface area contributed by atoms with Crippen LogP contribution in [0, 0.1) is 0 Å². The summed E-state index contributed by atoms with van der Waals surface area (Å²) in [5.74, 6) is 0.0571. The van der Waals surface area contributed by atoms with Crippen LogP contribution in [-0.4, -0.2) is 34.1 Å². The maximum absolute atomic E-state index is 11.8. The lowest BCUT2D eigenvalue weighted by Gasteiger charge is -2.16. The number of esters is 1. The molecule has 0 aliphatic heterocycles. The van der Waals surface area contributed by atoms with Crippen molar-refractivity contribution in [1.82, 2.24) is 15.0 Å². The molecule has 0 spiro atoms. The number of halogens is 1. The molecule has 6 nitrogen and oxygen atoms in total. The Morgan fingerprint density at radius 1 is 1.40 bits per heavy atom. The van der Waals surface area contributed by atoms with E-state index in [1.165, 1.54) is 19.5 Å². The number of rotatable bonds is 5. The fraction of sp³-hybridized carbons (Fsp3) is 0.231. The van der Waals surface area contributed by atoms with Gasteiger partial charge in [-0.3, -0.25) is 4.98 Å². The van der Waals surface area contributed by atoms with Gasteiger partial charge in [0.1, 0.15) is 23.3 Å². The second kappa shape index (κ2) is 6.81. The van der Waals surface area contributed by atoms with Crippen LogP contribution in [0.15, 0.2) is 36.8 Å². The van der Waals surface area contributed by atoms with E-state index in [4.69, 9.17) is 16.3 Å². The molecule has 0 saturated heterocycles. The topological polar surface area (TPSA) is 77.0 Å². The molecule has 7 heteroatoms. The third kappa shape index (κ3) is 3.89. The van der Waals surface area contributed by atoms with Crippen molar-refractivity contribution in [3.05, 3.63) is 47.6 Å². The lowest BCUT2D eigenvalue weighted by atomic mass is 10.1. The van der Waals surface area contributed by atoms with Gasteiger partial charge < -0.3 is 10.1 Å². The highest BCUT2D eigenvalue weighted by Gasteiger charge is 2.20. The number of hydrogen-bond donors (Lipinski definition) is 1. The van der Waals surface area contributed by atoms with Crippen molar-refractivity contribution < 1.29 is 9.53 Å². The number of ether oxygens (including phenoxy) is 1. The Balaban J connectivity index is 2.14. The molecule has 2 aromatic rings. The van der Waals surface area contributed by atoms with Crippen LogP contribution in [-0.2, 0) is 16.0 Å².